The lowest BCUT2D eigenvalue weighted by molar-refractivity contribution is 0.123. The predicted molar refractivity (Wildman–Crippen MR) is 91.9 cm³/mol. The lowest BCUT2D eigenvalue weighted by Crippen LogP contribution is -2.33. The molecule has 6 nitrogen and oxygen atoms in total. The second-order valence-electron chi connectivity index (χ2n) is 5.68. The summed E-state index contributed by atoms with van der Waals surface area (Å²) >= 11 is 5.96. The lowest BCUT2D eigenvalue weighted by Gasteiger charge is -2.17. The Bertz CT molecular complexity index is 882. The number of rotatable bonds is 5. The molecule has 8 heteroatoms. The molecule has 2 atom stereocenters. The van der Waals surface area contributed by atoms with Gasteiger partial charge in [-0.2, -0.15) is 8.42 Å². The van der Waals surface area contributed by atoms with Crippen molar-refractivity contribution in [3.63, 3.8) is 0 Å². The van der Waals surface area contributed by atoms with Gasteiger partial charge >= 0.3 is 6.09 Å². The number of aryl methyl sites for hydroxylation is 1. The summed E-state index contributed by atoms with van der Waals surface area (Å²) < 4.78 is 34.9. The van der Waals surface area contributed by atoms with Gasteiger partial charge in [-0.05, 0) is 36.8 Å². The minimum absolute atomic E-state index is 0.0580. The molecular formula is C17H16ClNO5S. The molecule has 1 saturated heterocycles. The number of benzene rings is 2. The van der Waals surface area contributed by atoms with Gasteiger partial charge in [-0.25, -0.2) is 4.79 Å². The second kappa shape index (κ2) is 7.03. The van der Waals surface area contributed by atoms with Crippen molar-refractivity contribution in [1.29, 1.82) is 0 Å². The van der Waals surface area contributed by atoms with E-state index in [0.29, 0.717) is 10.6 Å². The number of halogens is 1. The molecule has 132 valence electrons. The predicted octanol–water partition coefficient (Wildman–Crippen LogP) is 3.20. The van der Waals surface area contributed by atoms with E-state index in [-0.39, 0.29) is 11.5 Å². The van der Waals surface area contributed by atoms with Crippen LogP contribution in [0.5, 0.6) is 0 Å². The monoisotopic (exact) mass is 381 g/mol. The normalized spacial score (nSPS) is 20.2. The van der Waals surface area contributed by atoms with Crippen LogP contribution in [0.1, 0.15) is 17.2 Å². The third kappa shape index (κ3) is 4.12. The van der Waals surface area contributed by atoms with Gasteiger partial charge in [-0.15, -0.1) is 0 Å². The molecule has 0 saturated carbocycles. The zero-order valence-electron chi connectivity index (χ0n) is 13.3. The van der Waals surface area contributed by atoms with Crippen molar-refractivity contribution in [2.75, 3.05) is 6.61 Å². The topological polar surface area (TPSA) is 81.7 Å². The molecule has 1 heterocycles. The fourth-order valence-corrected chi connectivity index (χ4v) is 3.64. The van der Waals surface area contributed by atoms with E-state index in [1.165, 1.54) is 12.1 Å². The van der Waals surface area contributed by atoms with Crippen LogP contribution in [-0.2, 0) is 19.0 Å². The van der Waals surface area contributed by atoms with Crippen LogP contribution in [0, 0.1) is 6.92 Å². The molecule has 1 aliphatic heterocycles. The fraction of sp³-hybridized carbons (Fsp3) is 0.235. The number of hydrogen-bond acceptors (Lipinski definition) is 5. The van der Waals surface area contributed by atoms with Crippen molar-refractivity contribution in [3.05, 3.63) is 64.7 Å². The zero-order chi connectivity index (χ0) is 18.0. The Kier molecular flexibility index (Phi) is 4.99. The highest BCUT2D eigenvalue weighted by molar-refractivity contribution is 7.86. The maximum atomic E-state index is 12.3. The maximum absolute atomic E-state index is 12.3. The van der Waals surface area contributed by atoms with Gasteiger partial charge in [0.2, 0.25) is 0 Å². The van der Waals surface area contributed by atoms with Crippen LogP contribution in [0.15, 0.2) is 53.4 Å². The van der Waals surface area contributed by atoms with Gasteiger partial charge in [0.05, 0.1) is 17.5 Å². The van der Waals surface area contributed by atoms with Crippen LogP contribution in [0.3, 0.4) is 0 Å². The summed E-state index contributed by atoms with van der Waals surface area (Å²) in [5, 5.41) is 3.05. The average Bonchev–Trinajstić information content (AvgIpc) is 2.94. The van der Waals surface area contributed by atoms with E-state index in [4.69, 9.17) is 20.5 Å². The van der Waals surface area contributed by atoms with Gasteiger partial charge in [0.1, 0.15) is 0 Å². The molecular weight excluding hydrogens is 366 g/mol. The lowest BCUT2D eigenvalue weighted by atomic mass is 10.0. The Morgan fingerprint density at radius 2 is 1.92 bits per heavy atom. The standard InChI is InChI=1S/C17H16ClNO5S/c1-11-5-7-14(8-6-11)25(21,22)23-10-15-16(24-17(20)19-15)12-3-2-4-13(18)9-12/h2-9,15-16H,10H2,1H3,(H,19,20)/t15-,16-/m1/s1. The van der Waals surface area contributed by atoms with E-state index >= 15 is 0 Å². The van der Waals surface area contributed by atoms with Crippen LogP contribution >= 0.6 is 11.6 Å². The summed E-state index contributed by atoms with van der Waals surface area (Å²) in [5.74, 6) is 0. The summed E-state index contributed by atoms with van der Waals surface area (Å²) in [6.07, 6.45) is -1.31. The van der Waals surface area contributed by atoms with Gasteiger partial charge < -0.3 is 10.1 Å². The number of alkyl carbamates (subject to hydrolysis) is 1. The van der Waals surface area contributed by atoms with Gasteiger partial charge in [0.15, 0.2) is 6.10 Å². The second-order valence-corrected chi connectivity index (χ2v) is 7.74. The van der Waals surface area contributed by atoms with Gasteiger partial charge in [0.25, 0.3) is 10.1 Å². The number of carbonyl (C=O) groups excluding carboxylic acids is 1. The fourth-order valence-electron chi connectivity index (χ4n) is 2.51. The van der Waals surface area contributed by atoms with Gasteiger partial charge in [-0.1, -0.05) is 41.4 Å². The van der Waals surface area contributed by atoms with Crippen LogP contribution in [0.2, 0.25) is 5.02 Å². The minimum atomic E-state index is -3.93. The van der Waals surface area contributed by atoms with E-state index in [0.717, 1.165) is 5.56 Å². The molecule has 0 radical (unpaired) electrons. The molecule has 2 aromatic carbocycles. The summed E-state index contributed by atoms with van der Waals surface area (Å²) in [5.41, 5.74) is 1.60. The molecule has 25 heavy (non-hydrogen) atoms. The highest BCUT2D eigenvalue weighted by atomic mass is 35.5. The molecule has 3 rings (SSSR count). The molecule has 0 aliphatic carbocycles. The van der Waals surface area contributed by atoms with Crippen molar-refractivity contribution < 1.29 is 22.1 Å². The third-order valence-corrected chi connectivity index (χ3v) is 5.32. The van der Waals surface area contributed by atoms with Crippen LogP contribution in [0.4, 0.5) is 4.79 Å². The number of hydrogen-bond donors (Lipinski definition) is 1. The van der Waals surface area contributed by atoms with Crippen molar-refractivity contribution in [2.45, 2.75) is 24.0 Å². The quantitative estimate of drug-likeness (QED) is 0.804. The first-order chi connectivity index (χ1) is 11.8. The number of ether oxygens (including phenoxy) is 1. The van der Waals surface area contributed by atoms with E-state index < -0.39 is 28.4 Å². The highest BCUT2D eigenvalue weighted by Gasteiger charge is 2.36. The molecule has 0 bridgehead atoms. The molecule has 0 spiro atoms. The maximum Gasteiger partial charge on any atom is 0.408 e. The highest BCUT2D eigenvalue weighted by Crippen LogP contribution is 2.29. The molecule has 0 unspecified atom stereocenters. The molecule has 2 aromatic rings. The number of amides is 1. The summed E-state index contributed by atoms with van der Waals surface area (Å²) in [6.45, 7) is 1.61. The SMILES string of the molecule is Cc1ccc(S(=O)(=O)OC[C@H]2NC(=O)O[C@@H]2c2cccc(Cl)c2)cc1. The largest absolute Gasteiger partial charge is 0.439 e. The average molecular weight is 382 g/mol. The van der Waals surface area contributed by atoms with E-state index in [1.54, 1.807) is 36.4 Å². The van der Waals surface area contributed by atoms with Crippen LogP contribution in [-0.4, -0.2) is 27.2 Å². The minimum Gasteiger partial charge on any atom is -0.439 e. The zero-order valence-corrected chi connectivity index (χ0v) is 14.9. The first-order valence-electron chi connectivity index (χ1n) is 7.54. The Morgan fingerprint density at radius 1 is 1.20 bits per heavy atom. The Labute approximate surface area is 150 Å². The molecule has 1 fully saturated rings. The van der Waals surface area contributed by atoms with Crippen LogP contribution in [0.25, 0.3) is 0 Å². The Hall–Kier alpha value is -2.09. The van der Waals surface area contributed by atoms with E-state index in [1.807, 2.05) is 6.92 Å². The Morgan fingerprint density at radius 3 is 2.60 bits per heavy atom. The van der Waals surface area contributed by atoms with Crippen molar-refractivity contribution >= 4 is 27.8 Å². The number of cyclic esters (lactones) is 1. The first-order valence-corrected chi connectivity index (χ1v) is 9.32. The van der Waals surface area contributed by atoms with Crippen molar-refractivity contribution in [3.8, 4) is 0 Å². The molecule has 0 aromatic heterocycles. The van der Waals surface area contributed by atoms with Gasteiger partial charge in [0, 0.05) is 5.02 Å². The molecule has 1 N–H and O–H groups in total. The summed E-state index contributed by atoms with van der Waals surface area (Å²) in [7, 11) is -3.93. The van der Waals surface area contributed by atoms with Gasteiger partial charge in [-0.3, -0.25) is 4.18 Å². The number of nitrogens with one attached hydrogen (secondary N) is 1. The Balaban J connectivity index is 1.74. The molecule has 1 aliphatic rings. The number of carbonyl (C=O) groups is 1. The van der Waals surface area contributed by atoms with Crippen LogP contribution < -0.4 is 5.32 Å². The third-order valence-electron chi connectivity index (χ3n) is 3.79. The van der Waals surface area contributed by atoms with Crippen molar-refractivity contribution in [2.24, 2.45) is 0 Å². The van der Waals surface area contributed by atoms with E-state index in [2.05, 4.69) is 5.32 Å². The summed E-state index contributed by atoms with van der Waals surface area (Å²) in [4.78, 5) is 11.6. The van der Waals surface area contributed by atoms with E-state index in [9.17, 15) is 13.2 Å². The first kappa shape index (κ1) is 17.7. The summed E-state index contributed by atoms with van der Waals surface area (Å²) in [6, 6.07) is 12.5. The smallest absolute Gasteiger partial charge is 0.408 e. The molecule has 1 amide bonds. The van der Waals surface area contributed by atoms with Crippen molar-refractivity contribution in [1.82, 2.24) is 5.32 Å².